The number of nitrogen functional groups attached to an aromatic ring is 1. The minimum absolute atomic E-state index is 0.175. The summed E-state index contributed by atoms with van der Waals surface area (Å²) in [6.07, 6.45) is 1.78. The van der Waals surface area contributed by atoms with Crippen molar-refractivity contribution in [3.63, 3.8) is 0 Å². The third-order valence-electron chi connectivity index (χ3n) is 2.80. The summed E-state index contributed by atoms with van der Waals surface area (Å²) in [5.41, 5.74) is 6.30. The van der Waals surface area contributed by atoms with Crippen LogP contribution < -0.4 is 5.73 Å². The van der Waals surface area contributed by atoms with Crippen LogP contribution in [0.3, 0.4) is 0 Å². The Morgan fingerprint density at radius 2 is 2.21 bits per heavy atom. The zero-order valence-corrected chi connectivity index (χ0v) is 13.0. The normalized spacial score (nSPS) is 11.2. The Morgan fingerprint density at radius 1 is 1.42 bits per heavy atom. The Balaban J connectivity index is 2.08. The Kier molecular flexibility index (Phi) is 4.90. The first-order valence-corrected chi connectivity index (χ1v) is 7.56. The molecule has 1 aromatic carbocycles. The highest BCUT2D eigenvalue weighted by molar-refractivity contribution is 9.10. The molecule has 0 radical (unpaired) electrons. The van der Waals surface area contributed by atoms with Crippen LogP contribution in [0, 0.1) is 5.82 Å². The van der Waals surface area contributed by atoms with Gasteiger partial charge in [0, 0.05) is 34.2 Å². The molecule has 2 N–H and O–H groups in total. The van der Waals surface area contributed by atoms with Gasteiger partial charge in [0.15, 0.2) is 5.13 Å². The van der Waals surface area contributed by atoms with Crippen LogP contribution in [-0.2, 0) is 13.1 Å². The maximum atomic E-state index is 13.7. The van der Waals surface area contributed by atoms with E-state index in [9.17, 15) is 4.39 Å². The molecule has 0 aliphatic carbocycles. The highest BCUT2D eigenvalue weighted by Crippen LogP contribution is 2.20. The van der Waals surface area contributed by atoms with E-state index in [1.807, 2.05) is 6.07 Å². The first-order valence-electron chi connectivity index (χ1n) is 5.95. The van der Waals surface area contributed by atoms with Crippen LogP contribution in [0.2, 0.25) is 0 Å². The molecule has 19 heavy (non-hydrogen) atoms. The van der Waals surface area contributed by atoms with Gasteiger partial charge in [0.2, 0.25) is 0 Å². The van der Waals surface area contributed by atoms with E-state index in [1.165, 1.54) is 17.4 Å². The molecule has 6 heteroatoms. The fraction of sp³-hybridized carbons (Fsp3) is 0.308. The van der Waals surface area contributed by atoms with Crippen molar-refractivity contribution in [1.29, 1.82) is 0 Å². The van der Waals surface area contributed by atoms with Gasteiger partial charge in [-0.1, -0.05) is 22.9 Å². The van der Waals surface area contributed by atoms with Gasteiger partial charge in [-0.15, -0.1) is 11.3 Å². The van der Waals surface area contributed by atoms with E-state index in [0.717, 1.165) is 22.4 Å². The predicted octanol–water partition coefficient (Wildman–Crippen LogP) is 3.65. The third-order valence-corrected chi connectivity index (χ3v) is 4.10. The summed E-state index contributed by atoms with van der Waals surface area (Å²) in [4.78, 5) is 7.27. The van der Waals surface area contributed by atoms with Gasteiger partial charge in [-0.3, -0.25) is 4.90 Å². The minimum Gasteiger partial charge on any atom is -0.375 e. The number of nitrogens with zero attached hydrogens (tertiary/aromatic N) is 2. The van der Waals surface area contributed by atoms with Crippen LogP contribution in [0.1, 0.15) is 17.4 Å². The number of benzene rings is 1. The molecule has 0 aliphatic rings. The number of nitrogens with two attached hydrogens (primary N) is 1. The molecule has 1 aromatic heterocycles. The molecular formula is C13H15BrFN3S. The van der Waals surface area contributed by atoms with Crippen LogP contribution in [0.25, 0.3) is 0 Å². The maximum Gasteiger partial charge on any atom is 0.180 e. The lowest BCUT2D eigenvalue weighted by molar-refractivity contribution is 0.269. The molecule has 0 aliphatic heterocycles. The molecule has 0 spiro atoms. The average Bonchev–Trinajstić information content (AvgIpc) is 2.78. The lowest BCUT2D eigenvalue weighted by Gasteiger charge is -2.19. The quantitative estimate of drug-likeness (QED) is 0.900. The summed E-state index contributed by atoms with van der Waals surface area (Å²) >= 11 is 4.84. The SMILES string of the molecule is CCN(Cc1cnc(N)s1)Cc1cc(Br)ccc1F. The standard InChI is InChI=1S/C13H15BrFN3S/c1-2-18(8-11-6-17-13(16)19-11)7-9-5-10(14)3-4-12(9)15/h3-6H,2,7-8H2,1H3,(H2,16,17). The second kappa shape index (κ2) is 6.45. The summed E-state index contributed by atoms with van der Waals surface area (Å²) in [7, 11) is 0. The van der Waals surface area contributed by atoms with Crippen LogP contribution in [0.15, 0.2) is 28.9 Å². The molecule has 0 bridgehead atoms. The largest absolute Gasteiger partial charge is 0.375 e. The van der Waals surface area contributed by atoms with Crippen molar-refractivity contribution in [2.45, 2.75) is 20.0 Å². The first kappa shape index (κ1) is 14.4. The van der Waals surface area contributed by atoms with Crippen molar-refractivity contribution < 1.29 is 4.39 Å². The molecule has 2 aromatic rings. The summed E-state index contributed by atoms with van der Waals surface area (Å²) in [5, 5.41) is 0.569. The highest BCUT2D eigenvalue weighted by Gasteiger charge is 2.10. The molecule has 0 amide bonds. The highest BCUT2D eigenvalue weighted by atomic mass is 79.9. The molecule has 102 valence electrons. The Bertz CT molecular complexity index is 559. The van der Waals surface area contributed by atoms with Crippen molar-refractivity contribution >= 4 is 32.4 Å². The van der Waals surface area contributed by atoms with Crippen LogP contribution in [-0.4, -0.2) is 16.4 Å². The first-order chi connectivity index (χ1) is 9.08. The molecule has 0 atom stereocenters. The third kappa shape index (κ3) is 3.99. The number of rotatable bonds is 5. The Labute approximate surface area is 124 Å². The number of anilines is 1. The molecule has 1 heterocycles. The van der Waals surface area contributed by atoms with Gasteiger partial charge in [0.05, 0.1) is 0 Å². The summed E-state index contributed by atoms with van der Waals surface area (Å²) in [6.45, 7) is 4.20. The molecule has 0 unspecified atom stereocenters. The van der Waals surface area contributed by atoms with E-state index in [0.29, 0.717) is 17.2 Å². The lowest BCUT2D eigenvalue weighted by Crippen LogP contribution is -2.22. The van der Waals surface area contributed by atoms with E-state index >= 15 is 0 Å². The van der Waals surface area contributed by atoms with Gasteiger partial charge in [0.1, 0.15) is 5.82 Å². The molecule has 3 nitrogen and oxygen atoms in total. The van der Waals surface area contributed by atoms with Crippen LogP contribution in [0.4, 0.5) is 9.52 Å². The Morgan fingerprint density at radius 3 is 2.84 bits per heavy atom. The van der Waals surface area contributed by atoms with Gasteiger partial charge < -0.3 is 5.73 Å². The molecule has 0 saturated heterocycles. The molecular weight excluding hydrogens is 329 g/mol. The van der Waals surface area contributed by atoms with Crippen LogP contribution >= 0.6 is 27.3 Å². The van der Waals surface area contributed by atoms with Gasteiger partial charge in [-0.25, -0.2) is 9.37 Å². The van der Waals surface area contributed by atoms with E-state index in [4.69, 9.17) is 5.73 Å². The molecule has 0 saturated carbocycles. The molecule has 2 rings (SSSR count). The number of hydrogen-bond acceptors (Lipinski definition) is 4. The fourth-order valence-corrected chi connectivity index (χ4v) is 2.94. The zero-order chi connectivity index (χ0) is 13.8. The van der Waals surface area contributed by atoms with Gasteiger partial charge in [-0.2, -0.15) is 0 Å². The van der Waals surface area contributed by atoms with Gasteiger partial charge in [0.25, 0.3) is 0 Å². The Hall–Kier alpha value is -0.980. The van der Waals surface area contributed by atoms with Crippen molar-refractivity contribution in [3.8, 4) is 0 Å². The maximum absolute atomic E-state index is 13.7. The molecule has 0 fully saturated rings. The van der Waals surface area contributed by atoms with Crippen molar-refractivity contribution in [2.24, 2.45) is 0 Å². The van der Waals surface area contributed by atoms with Crippen LogP contribution in [0.5, 0.6) is 0 Å². The zero-order valence-electron chi connectivity index (χ0n) is 10.6. The smallest absolute Gasteiger partial charge is 0.180 e. The summed E-state index contributed by atoms with van der Waals surface area (Å²) in [6, 6.07) is 5.01. The van der Waals surface area contributed by atoms with E-state index in [-0.39, 0.29) is 5.82 Å². The van der Waals surface area contributed by atoms with Gasteiger partial charge >= 0.3 is 0 Å². The average molecular weight is 344 g/mol. The van der Waals surface area contributed by atoms with E-state index in [2.05, 4.69) is 32.7 Å². The van der Waals surface area contributed by atoms with E-state index in [1.54, 1.807) is 12.3 Å². The minimum atomic E-state index is -0.175. The number of halogens is 2. The van der Waals surface area contributed by atoms with Crippen molar-refractivity contribution in [2.75, 3.05) is 12.3 Å². The second-order valence-corrected chi connectivity index (χ2v) is 6.27. The lowest BCUT2D eigenvalue weighted by atomic mass is 10.2. The summed E-state index contributed by atoms with van der Waals surface area (Å²) < 4.78 is 14.6. The monoisotopic (exact) mass is 343 g/mol. The fourth-order valence-electron chi connectivity index (χ4n) is 1.80. The van der Waals surface area contributed by atoms with Crippen molar-refractivity contribution in [1.82, 2.24) is 9.88 Å². The number of thiazole rings is 1. The van der Waals surface area contributed by atoms with E-state index < -0.39 is 0 Å². The van der Waals surface area contributed by atoms with Gasteiger partial charge in [-0.05, 0) is 24.7 Å². The number of hydrogen-bond donors (Lipinski definition) is 1. The number of aromatic nitrogens is 1. The predicted molar refractivity (Wildman–Crippen MR) is 80.4 cm³/mol. The van der Waals surface area contributed by atoms with Crippen molar-refractivity contribution in [3.05, 3.63) is 45.1 Å². The topological polar surface area (TPSA) is 42.2 Å². The second-order valence-electron chi connectivity index (χ2n) is 4.20. The summed E-state index contributed by atoms with van der Waals surface area (Å²) in [5.74, 6) is -0.175.